The second kappa shape index (κ2) is 8.64. The first kappa shape index (κ1) is 17.4. The fourth-order valence-corrected chi connectivity index (χ4v) is 2.70. The molecule has 1 aliphatic heterocycles. The second-order valence-corrected chi connectivity index (χ2v) is 6.24. The van der Waals surface area contributed by atoms with Crippen molar-refractivity contribution < 1.29 is 4.74 Å². The number of ether oxygens (including phenoxy) is 1. The Kier molecular flexibility index (Phi) is 6.03. The van der Waals surface area contributed by atoms with Crippen LogP contribution in [0.5, 0.6) is 0 Å². The fourth-order valence-electron chi connectivity index (χ4n) is 2.70. The Morgan fingerprint density at radius 3 is 2.76 bits per heavy atom. The number of benzene rings is 1. The van der Waals surface area contributed by atoms with Crippen LogP contribution >= 0.6 is 0 Å². The van der Waals surface area contributed by atoms with Gasteiger partial charge in [-0.1, -0.05) is 12.1 Å². The highest BCUT2D eigenvalue weighted by Gasteiger charge is 2.14. The third-order valence-electron chi connectivity index (χ3n) is 4.02. The fraction of sp³-hybridized carbons (Fsp3) is 0.444. The summed E-state index contributed by atoms with van der Waals surface area (Å²) in [6.07, 6.45) is 1.77. The summed E-state index contributed by atoms with van der Waals surface area (Å²) in [5, 5.41) is 6.67. The van der Waals surface area contributed by atoms with E-state index in [0.717, 1.165) is 50.9 Å². The molecule has 25 heavy (non-hydrogen) atoms. The molecular weight excluding hydrogens is 316 g/mol. The van der Waals surface area contributed by atoms with Gasteiger partial charge in [-0.25, -0.2) is 4.98 Å². The Bertz CT molecular complexity index is 672. The summed E-state index contributed by atoms with van der Waals surface area (Å²) < 4.78 is 5.45. The summed E-state index contributed by atoms with van der Waals surface area (Å²) >= 11 is 0. The van der Waals surface area contributed by atoms with Gasteiger partial charge in [0, 0.05) is 32.4 Å². The molecule has 0 unspecified atom stereocenters. The molecule has 0 radical (unpaired) electrons. The van der Waals surface area contributed by atoms with Crippen molar-refractivity contribution in [2.24, 2.45) is 0 Å². The number of nitrogens with zero attached hydrogens (tertiary/aromatic N) is 4. The first-order valence-corrected chi connectivity index (χ1v) is 8.63. The Hall–Kier alpha value is -2.38. The van der Waals surface area contributed by atoms with Gasteiger partial charge in [-0.05, 0) is 32.3 Å². The summed E-state index contributed by atoms with van der Waals surface area (Å²) in [5.74, 6) is 1.42. The lowest BCUT2D eigenvalue weighted by molar-refractivity contribution is 0.123. The zero-order chi connectivity index (χ0) is 17.5. The Morgan fingerprint density at radius 2 is 1.96 bits per heavy atom. The number of anilines is 4. The molecule has 2 N–H and O–H groups in total. The molecule has 2 aromatic rings. The molecule has 1 fully saturated rings. The molecule has 0 aliphatic carbocycles. The van der Waals surface area contributed by atoms with E-state index in [-0.39, 0.29) is 0 Å². The largest absolute Gasteiger partial charge is 0.378 e. The zero-order valence-corrected chi connectivity index (χ0v) is 14.9. The maximum Gasteiger partial charge on any atom is 0.224 e. The van der Waals surface area contributed by atoms with E-state index in [0.29, 0.717) is 5.95 Å². The molecule has 0 bridgehead atoms. The van der Waals surface area contributed by atoms with E-state index >= 15 is 0 Å². The maximum atomic E-state index is 5.45. The number of likely N-dealkylation sites (N-methyl/N-ethyl adjacent to an activating group) is 1. The van der Waals surface area contributed by atoms with Crippen molar-refractivity contribution in [1.29, 1.82) is 0 Å². The minimum absolute atomic E-state index is 0.635. The summed E-state index contributed by atoms with van der Waals surface area (Å²) in [5.41, 5.74) is 2.22. The van der Waals surface area contributed by atoms with Gasteiger partial charge in [-0.2, -0.15) is 4.98 Å². The molecule has 134 valence electrons. The number of hydrogen-bond acceptors (Lipinski definition) is 7. The lowest BCUT2D eigenvalue weighted by atomic mass is 10.2. The summed E-state index contributed by atoms with van der Waals surface area (Å²) in [4.78, 5) is 13.3. The number of morpholine rings is 1. The third-order valence-corrected chi connectivity index (χ3v) is 4.02. The number of para-hydroxylation sites is 2. The molecule has 1 aromatic heterocycles. The summed E-state index contributed by atoms with van der Waals surface area (Å²) in [6, 6.07) is 10.2. The van der Waals surface area contributed by atoms with Crippen LogP contribution in [-0.2, 0) is 4.74 Å². The molecule has 7 heteroatoms. The molecule has 0 saturated carbocycles. The molecular formula is C18H26N6O. The van der Waals surface area contributed by atoms with Gasteiger partial charge in [-0.3, -0.25) is 0 Å². The molecule has 7 nitrogen and oxygen atoms in total. The highest BCUT2D eigenvalue weighted by Crippen LogP contribution is 2.28. The highest BCUT2D eigenvalue weighted by atomic mass is 16.5. The van der Waals surface area contributed by atoms with Crippen molar-refractivity contribution in [3.63, 3.8) is 0 Å². The van der Waals surface area contributed by atoms with Gasteiger partial charge < -0.3 is 25.2 Å². The quantitative estimate of drug-likeness (QED) is 0.798. The van der Waals surface area contributed by atoms with E-state index in [2.05, 4.69) is 48.6 Å². The second-order valence-electron chi connectivity index (χ2n) is 6.24. The van der Waals surface area contributed by atoms with E-state index in [1.807, 2.05) is 26.2 Å². The van der Waals surface area contributed by atoms with Crippen LogP contribution in [0.25, 0.3) is 0 Å². The molecule has 2 heterocycles. The van der Waals surface area contributed by atoms with Crippen molar-refractivity contribution in [2.45, 2.75) is 0 Å². The molecule has 0 spiro atoms. The van der Waals surface area contributed by atoms with E-state index in [1.165, 1.54) is 5.69 Å². The van der Waals surface area contributed by atoms with E-state index in [4.69, 9.17) is 4.74 Å². The summed E-state index contributed by atoms with van der Waals surface area (Å²) in [7, 11) is 4.09. The molecule has 3 rings (SSSR count). The smallest absolute Gasteiger partial charge is 0.224 e. The van der Waals surface area contributed by atoms with Gasteiger partial charge in [0.15, 0.2) is 0 Å². The Labute approximate surface area is 149 Å². The van der Waals surface area contributed by atoms with Crippen LogP contribution in [0.3, 0.4) is 0 Å². The minimum Gasteiger partial charge on any atom is -0.378 e. The molecule has 1 aliphatic rings. The van der Waals surface area contributed by atoms with Crippen molar-refractivity contribution in [2.75, 3.05) is 69.0 Å². The average Bonchev–Trinajstić information content (AvgIpc) is 2.63. The van der Waals surface area contributed by atoms with Crippen LogP contribution in [0.2, 0.25) is 0 Å². The monoisotopic (exact) mass is 342 g/mol. The average molecular weight is 342 g/mol. The lowest BCUT2D eigenvalue weighted by Crippen LogP contribution is -2.36. The van der Waals surface area contributed by atoms with Gasteiger partial charge >= 0.3 is 0 Å². The number of hydrogen-bond donors (Lipinski definition) is 2. The lowest BCUT2D eigenvalue weighted by Gasteiger charge is -2.30. The van der Waals surface area contributed by atoms with Crippen LogP contribution < -0.4 is 15.5 Å². The van der Waals surface area contributed by atoms with Crippen LogP contribution in [0, 0.1) is 0 Å². The summed E-state index contributed by atoms with van der Waals surface area (Å²) in [6.45, 7) is 5.07. The van der Waals surface area contributed by atoms with E-state index in [1.54, 1.807) is 6.20 Å². The highest BCUT2D eigenvalue weighted by molar-refractivity contribution is 5.74. The predicted molar refractivity (Wildman–Crippen MR) is 102 cm³/mol. The Morgan fingerprint density at radius 1 is 1.16 bits per heavy atom. The van der Waals surface area contributed by atoms with Crippen LogP contribution in [-0.4, -0.2) is 68.4 Å². The van der Waals surface area contributed by atoms with Gasteiger partial charge in [0.05, 0.1) is 24.6 Å². The Balaban J connectivity index is 1.70. The SMILES string of the molecule is CN(C)CCNc1nccc(Nc2ccccc2N2CCOCC2)n1. The van der Waals surface area contributed by atoms with E-state index < -0.39 is 0 Å². The molecule has 0 atom stereocenters. The molecule has 0 amide bonds. The van der Waals surface area contributed by atoms with Gasteiger partial charge in [0.25, 0.3) is 0 Å². The number of aromatic nitrogens is 2. The van der Waals surface area contributed by atoms with Crippen LogP contribution in [0.4, 0.5) is 23.1 Å². The number of rotatable bonds is 7. The van der Waals surface area contributed by atoms with Gasteiger partial charge in [0.2, 0.25) is 5.95 Å². The predicted octanol–water partition coefficient (Wildman–Crippen LogP) is 2.03. The first-order valence-electron chi connectivity index (χ1n) is 8.63. The zero-order valence-electron chi connectivity index (χ0n) is 14.9. The van der Waals surface area contributed by atoms with Crippen molar-refractivity contribution >= 4 is 23.1 Å². The first-order chi connectivity index (χ1) is 12.2. The normalized spacial score (nSPS) is 14.6. The van der Waals surface area contributed by atoms with Gasteiger partial charge in [-0.15, -0.1) is 0 Å². The standard InChI is InChI=1S/C18H26N6O/c1-23(2)10-9-20-18-19-8-7-17(22-18)21-15-5-3-4-6-16(15)24-11-13-25-14-12-24/h3-8H,9-14H2,1-2H3,(H2,19,20,21,22). The van der Waals surface area contributed by atoms with Crippen LogP contribution in [0.1, 0.15) is 0 Å². The van der Waals surface area contributed by atoms with Gasteiger partial charge in [0.1, 0.15) is 5.82 Å². The van der Waals surface area contributed by atoms with Crippen LogP contribution in [0.15, 0.2) is 36.5 Å². The number of nitrogens with one attached hydrogen (secondary N) is 2. The maximum absolute atomic E-state index is 5.45. The van der Waals surface area contributed by atoms with Crippen molar-refractivity contribution in [3.05, 3.63) is 36.5 Å². The molecule has 1 saturated heterocycles. The topological polar surface area (TPSA) is 65.5 Å². The van der Waals surface area contributed by atoms with Crippen molar-refractivity contribution in [1.82, 2.24) is 14.9 Å². The van der Waals surface area contributed by atoms with Crippen molar-refractivity contribution in [3.8, 4) is 0 Å². The minimum atomic E-state index is 0.635. The molecule has 1 aromatic carbocycles. The van der Waals surface area contributed by atoms with E-state index in [9.17, 15) is 0 Å². The third kappa shape index (κ3) is 5.04.